The molecule has 2 aliphatic rings. The van der Waals surface area contributed by atoms with Crippen molar-refractivity contribution in [3.8, 4) is 6.07 Å². The summed E-state index contributed by atoms with van der Waals surface area (Å²) < 4.78 is -0.0904. The summed E-state index contributed by atoms with van der Waals surface area (Å²) in [6.45, 7) is 4.61. The van der Waals surface area contributed by atoms with Gasteiger partial charge >= 0.3 is 0 Å². The molecular formula is C15H26N2S. The highest BCUT2D eigenvalue weighted by atomic mass is 32.2. The predicted octanol–water partition coefficient (Wildman–Crippen LogP) is 3.68. The lowest BCUT2D eigenvalue weighted by molar-refractivity contribution is 0.0787. The average molecular weight is 266 g/mol. The number of thioether (sulfide) groups is 1. The Bertz CT molecular complexity index is 302. The Kier molecular flexibility index (Phi) is 4.98. The van der Waals surface area contributed by atoms with E-state index in [2.05, 4.69) is 24.1 Å². The summed E-state index contributed by atoms with van der Waals surface area (Å²) in [6.07, 6.45) is 11.2. The van der Waals surface area contributed by atoms with Crippen LogP contribution in [0.4, 0.5) is 0 Å². The van der Waals surface area contributed by atoms with Gasteiger partial charge in [0.15, 0.2) is 0 Å². The zero-order chi connectivity index (χ0) is 13.0. The Morgan fingerprint density at radius 2 is 1.94 bits per heavy atom. The Balaban J connectivity index is 1.94. The molecule has 3 heteroatoms. The van der Waals surface area contributed by atoms with Crippen LogP contribution in [0.2, 0.25) is 0 Å². The molecule has 0 aromatic rings. The second kappa shape index (κ2) is 6.30. The molecule has 1 saturated carbocycles. The van der Waals surface area contributed by atoms with Crippen LogP contribution in [0.3, 0.4) is 0 Å². The summed E-state index contributed by atoms with van der Waals surface area (Å²) >= 11 is 1.76. The maximum Gasteiger partial charge on any atom is 0.104 e. The van der Waals surface area contributed by atoms with E-state index in [4.69, 9.17) is 0 Å². The van der Waals surface area contributed by atoms with Gasteiger partial charge in [-0.3, -0.25) is 4.90 Å². The quantitative estimate of drug-likeness (QED) is 0.780. The van der Waals surface area contributed by atoms with Crippen molar-refractivity contribution in [3.63, 3.8) is 0 Å². The van der Waals surface area contributed by atoms with Crippen LogP contribution in [0.15, 0.2) is 0 Å². The van der Waals surface area contributed by atoms with Crippen LogP contribution in [-0.2, 0) is 0 Å². The number of nitrogens with zero attached hydrogens (tertiary/aromatic N) is 2. The van der Waals surface area contributed by atoms with Gasteiger partial charge in [0, 0.05) is 19.1 Å². The third kappa shape index (κ3) is 2.86. The molecule has 1 aliphatic carbocycles. The monoisotopic (exact) mass is 266 g/mol. The highest BCUT2D eigenvalue weighted by Gasteiger charge is 2.38. The minimum atomic E-state index is -0.0904. The molecule has 1 saturated heterocycles. The standard InChI is InChI=1S/C15H26N2S/c1-3-13-6-4-5-7-14(13)17-10-8-15(12-16,18-2)9-11-17/h13-14H,3-11H2,1-2H3. The number of nitriles is 1. The van der Waals surface area contributed by atoms with Gasteiger partial charge in [0.05, 0.1) is 6.07 Å². The second-order valence-corrected chi connectivity index (χ2v) is 7.06. The molecule has 0 spiro atoms. The predicted molar refractivity (Wildman–Crippen MR) is 78.7 cm³/mol. The zero-order valence-corrected chi connectivity index (χ0v) is 12.6. The van der Waals surface area contributed by atoms with E-state index in [1.807, 2.05) is 0 Å². The third-order valence-electron chi connectivity index (χ3n) is 5.06. The molecule has 0 N–H and O–H groups in total. The maximum atomic E-state index is 9.35. The average Bonchev–Trinajstić information content (AvgIpc) is 2.47. The summed E-state index contributed by atoms with van der Waals surface area (Å²) in [5, 5.41) is 9.35. The normalized spacial score (nSPS) is 32.9. The van der Waals surface area contributed by atoms with Crippen molar-refractivity contribution in [1.29, 1.82) is 5.26 Å². The van der Waals surface area contributed by atoms with Crippen molar-refractivity contribution in [2.45, 2.75) is 62.7 Å². The van der Waals surface area contributed by atoms with Gasteiger partial charge in [-0.1, -0.05) is 26.2 Å². The Morgan fingerprint density at radius 3 is 2.50 bits per heavy atom. The Labute approximate surface area is 116 Å². The molecule has 1 aliphatic heterocycles. The van der Waals surface area contributed by atoms with E-state index >= 15 is 0 Å². The number of hydrogen-bond donors (Lipinski definition) is 0. The summed E-state index contributed by atoms with van der Waals surface area (Å²) in [5.41, 5.74) is 0. The van der Waals surface area contributed by atoms with Gasteiger partial charge < -0.3 is 0 Å². The molecule has 2 nitrogen and oxygen atoms in total. The highest BCUT2D eigenvalue weighted by molar-refractivity contribution is 8.00. The summed E-state index contributed by atoms with van der Waals surface area (Å²) in [4.78, 5) is 2.69. The molecule has 0 amide bonds. The van der Waals surface area contributed by atoms with E-state index in [1.54, 1.807) is 11.8 Å². The number of piperidine rings is 1. The first-order chi connectivity index (χ1) is 8.74. The fraction of sp³-hybridized carbons (Fsp3) is 0.933. The smallest absolute Gasteiger partial charge is 0.104 e. The van der Waals surface area contributed by atoms with Gasteiger partial charge in [0.2, 0.25) is 0 Å². The SMILES string of the molecule is CCC1CCCCC1N1CCC(C#N)(SC)CC1. The minimum absolute atomic E-state index is 0.0904. The summed E-state index contributed by atoms with van der Waals surface area (Å²) in [5.74, 6) is 0.905. The maximum absolute atomic E-state index is 9.35. The Morgan fingerprint density at radius 1 is 1.28 bits per heavy atom. The van der Waals surface area contributed by atoms with Crippen molar-refractivity contribution < 1.29 is 0 Å². The fourth-order valence-corrected chi connectivity index (χ4v) is 4.41. The first-order valence-electron chi connectivity index (χ1n) is 7.45. The first-order valence-corrected chi connectivity index (χ1v) is 8.67. The van der Waals surface area contributed by atoms with Crippen LogP contribution in [-0.4, -0.2) is 35.0 Å². The lowest BCUT2D eigenvalue weighted by Gasteiger charge is -2.44. The number of likely N-dealkylation sites (tertiary alicyclic amines) is 1. The van der Waals surface area contributed by atoms with Crippen LogP contribution < -0.4 is 0 Å². The van der Waals surface area contributed by atoms with E-state index < -0.39 is 0 Å². The Hall–Kier alpha value is -0.200. The van der Waals surface area contributed by atoms with Crippen molar-refractivity contribution in [3.05, 3.63) is 0 Å². The molecule has 2 fully saturated rings. The lowest BCUT2D eigenvalue weighted by Crippen LogP contribution is -2.49. The van der Waals surface area contributed by atoms with Gasteiger partial charge in [-0.15, -0.1) is 11.8 Å². The van der Waals surface area contributed by atoms with Crippen molar-refractivity contribution in [2.75, 3.05) is 19.3 Å². The zero-order valence-electron chi connectivity index (χ0n) is 11.8. The van der Waals surface area contributed by atoms with E-state index in [0.717, 1.165) is 37.9 Å². The molecule has 0 aromatic heterocycles. The lowest BCUT2D eigenvalue weighted by atomic mass is 9.80. The van der Waals surface area contributed by atoms with Crippen molar-refractivity contribution in [1.82, 2.24) is 4.90 Å². The van der Waals surface area contributed by atoms with Crippen LogP contribution in [0.1, 0.15) is 51.9 Å². The first kappa shape index (κ1) is 14.2. The van der Waals surface area contributed by atoms with Gasteiger partial charge in [0.1, 0.15) is 4.75 Å². The van der Waals surface area contributed by atoms with E-state index in [-0.39, 0.29) is 4.75 Å². The summed E-state index contributed by atoms with van der Waals surface area (Å²) in [6, 6.07) is 3.36. The number of rotatable bonds is 3. The van der Waals surface area contributed by atoms with Gasteiger partial charge in [-0.2, -0.15) is 5.26 Å². The van der Waals surface area contributed by atoms with Crippen LogP contribution >= 0.6 is 11.8 Å². The molecule has 0 bridgehead atoms. The topological polar surface area (TPSA) is 27.0 Å². The van der Waals surface area contributed by atoms with Gasteiger partial charge in [0.25, 0.3) is 0 Å². The van der Waals surface area contributed by atoms with E-state index in [0.29, 0.717) is 0 Å². The highest BCUT2D eigenvalue weighted by Crippen LogP contribution is 2.38. The molecule has 2 unspecified atom stereocenters. The molecule has 18 heavy (non-hydrogen) atoms. The molecular weight excluding hydrogens is 240 g/mol. The van der Waals surface area contributed by atoms with Gasteiger partial charge in [-0.25, -0.2) is 0 Å². The van der Waals surface area contributed by atoms with Crippen molar-refractivity contribution in [2.24, 2.45) is 5.92 Å². The van der Waals surface area contributed by atoms with E-state index in [1.165, 1.54) is 32.1 Å². The molecule has 0 radical (unpaired) electrons. The molecule has 1 heterocycles. The second-order valence-electron chi connectivity index (χ2n) is 5.87. The molecule has 0 aromatic carbocycles. The largest absolute Gasteiger partial charge is 0.300 e. The fourth-order valence-electron chi connectivity index (χ4n) is 3.72. The molecule has 102 valence electrons. The third-order valence-corrected chi connectivity index (χ3v) is 6.34. The number of hydrogen-bond acceptors (Lipinski definition) is 3. The van der Waals surface area contributed by atoms with Gasteiger partial charge in [-0.05, 0) is 37.9 Å². The minimum Gasteiger partial charge on any atom is -0.300 e. The van der Waals surface area contributed by atoms with Crippen LogP contribution in [0.25, 0.3) is 0 Å². The van der Waals surface area contributed by atoms with Crippen LogP contribution in [0.5, 0.6) is 0 Å². The van der Waals surface area contributed by atoms with Crippen molar-refractivity contribution >= 4 is 11.8 Å². The molecule has 2 atom stereocenters. The summed E-state index contributed by atoms with van der Waals surface area (Å²) in [7, 11) is 0. The van der Waals surface area contributed by atoms with Crippen LogP contribution in [0, 0.1) is 17.2 Å². The van der Waals surface area contributed by atoms with E-state index in [9.17, 15) is 5.26 Å². The molecule has 2 rings (SSSR count).